The molecule has 0 saturated carbocycles. The number of rotatable bonds is 7. The average Bonchev–Trinajstić information content (AvgIpc) is 2.50. The van der Waals surface area contributed by atoms with Crippen molar-refractivity contribution in [3.8, 4) is 11.1 Å². The Morgan fingerprint density at radius 3 is 2.08 bits per heavy atom. The Morgan fingerprint density at radius 2 is 1.58 bits per heavy atom. The van der Waals surface area contributed by atoms with Gasteiger partial charge in [0, 0.05) is 6.66 Å². The van der Waals surface area contributed by atoms with E-state index in [0.717, 1.165) is 23.4 Å². The average molecular weight is 367 g/mol. The normalized spacial score (nSPS) is 15.7. The van der Waals surface area contributed by atoms with E-state index in [0.29, 0.717) is 12.8 Å². The number of hydrogen-bond donors (Lipinski definition) is 2. The molecule has 0 aliphatic heterocycles. The predicted molar refractivity (Wildman–Crippen MR) is 93.5 cm³/mol. The molecule has 130 valence electrons. The van der Waals surface area contributed by atoms with Gasteiger partial charge < -0.3 is 14.7 Å². The van der Waals surface area contributed by atoms with Crippen molar-refractivity contribution in [2.45, 2.75) is 24.7 Å². The molecule has 2 aromatic carbocycles. The third-order valence-corrected chi connectivity index (χ3v) is 8.46. The van der Waals surface area contributed by atoms with Gasteiger partial charge in [0.1, 0.15) is 0 Å². The number of benzene rings is 2. The van der Waals surface area contributed by atoms with E-state index < -0.39 is 20.7 Å². The SMILES string of the molecule is CP(=O)(O)C(CCCc1ccc(-c2ccccc2)cc1)[P+]([O-])([O-])O. The molecule has 2 aromatic rings. The van der Waals surface area contributed by atoms with Crippen LogP contribution in [-0.2, 0) is 11.0 Å². The third-order valence-electron chi connectivity index (χ3n) is 3.92. The van der Waals surface area contributed by atoms with Crippen molar-refractivity contribution in [2.24, 2.45) is 0 Å². The Balaban J connectivity index is 1.96. The van der Waals surface area contributed by atoms with Crippen LogP contribution in [0.25, 0.3) is 11.1 Å². The molecule has 0 bridgehead atoms. The van der Waals surface area contributed by atoms with Crippen molar-refractivity contribution in [3.63, 3.8) is 0 Å². The van der Waals surface area contributed by atoms with E-state index in [9.17, 15) is 19.2 Å². The fourth-order valence-corrected chi connectivity index (χ4v) is 5.99. The van der Waals surface area contributed by atoms with Gasteiger partial charge in [-0.3, -0.25) is 9.46 Å². The molecule has 0 amide bonds. The highest BCUT2D eigenvalue weighted by Gasteiger charge is 2.37. The summed E-state index contributed by atoms with van der Waals surface area (Å²) in [6.45, 7) is 0.965. The lowest BCUT2D eigenvalue weighted by atomic mass is 10.0. The Bertz CT molecular complexity index is 689. The van der Waals surface area contributed by atoms with E-state index in [1.54, 1.807) is 0 Å². The smallest absolute Gasteiger partial charge is 0.238 e. The zero-order chi connectivity index (χ0) is 17.8. The van der Waals surface area contributed by atoms with Crippen molar-refractivity contribution in [3.05, 3.63) is 60.2 Å². The first-order chi connectivity index (χ1) is 11.2. The molecule has 0 radical (unpaired) electrons. The van der Waals surface area contributed by atoms with Crippen LogP contribution in [0.4, 0.5) is 0 Å². The summed E-state index contributed by atoms with van der Waals surface area (Å²) < 4.78 is 11.6. The maximum atomic E-state index is 11.6. The summed E-state index contributed by atoms with van der Waals surface area (Å²) in [6, 6.07) is 17.8. The minimum absolute atomic E-state index is 0.0397. The number of hydrogen-bond acceptors (Lipinski definition) is 4. The predicted octanol–water partition coefficient (Wildman–Crippen LogP) is 2.38. The van der Waals surface area contributed by atoms with Crippen molar-refractivity contribution in [2.75, 3.05) is 6.66 Å². The first kappa shape index (κ1) is 19.3. The van der Waals surface area contributed by atoms with Gasteiger partial charge in [-0.15, -0.1) is 0 Å². The molecule has 0 aliphatic rings. The lowest BCUT2D eigenvalue weighted by Crippen LogP contribution is -2.32. The molecule has 0 fully saturated rings. The summed E-state index contributed by atoms with van der Waals surface area (Å²) >= 11 is 0. The highest BCUT2D eigenvalue weighted by molar-refractivity contribution is 7.75. The van der Waals surface area contributed by atoms with Crippen LogP contribution in [0.2, 0.25) is 0 Å². The van der Waals surface area contributed by atoms with Gasteiger partial charge in [-0.2, -0.15) is 0 Å². The monoisotopic (exact) mass is 367 g/mol. The van der Waals surface area contributed by atoms with Crippen LogP contribution < -0.4 is 9.79 Å². The molecule has 2 unspecified atom stereocenters. The highest BCUT2D eigenvalue weighted by atomic mass is 31.3. The van der Waals surface area contributed by atoms with Crippen LogP contribution >= 0.6 is 15.3 Å². The quantitative estimate of drug-likeness (QED) is 0.732. The van der Waals surface area contributed by atoms with Gasteiger partial charge in [0.2, 0.25) is 7.37 Å². The second kappa shape index (κ2) is 7.88. The summed E-state index contributed by atoms with van der Waals surface area (Å²) in [6.07, 6.45) is 0.939. The van der Waals surface area contributed by atoms with E-state index in [4.69, 9.17) is 4.89 Å². The van der Waals surface area contributed by atoms with E-state index in [1.807, 2.05) is 54.6 Å². The summed E-state index contributed by atoms with van der Waals surface area (Å²) in [7, 11) is -8.72. The van der Waals surface area contributed by atoms with Crippen LogP contribution in [0.3, 0.4) is 0 Å². The van der Waals surface area contributed by atoms with Gasteiger partial charge in [-0.05, 0) is 36.0 Å². The lowest BCUT2D eigenvalue weighted by molar-refractivity contribution is -0.332. The van der Waals surface area contributed by atoms with Crippen LogP contribution in [-0.4, -0.2) is 21.9 Å². The molecule has 2 N–H and O–H groups in total. The molecular formula is C17H21O5P2-. The van der Waals surface area contributed by atoms with Crippen LogP contribution in [0.15, 0.2) is 54.6 Å². The Kier molecular flexibility index (Phi) is 6.33. The van der Waals surface area contributed by atoms with Crippen LogP contribution in [0.1, 0.15) is 18.4 Å². The number of aryl methyl sites for hydroxylation is 1. The largest absolute Gasteiger partial charge is 0.659 e. The van der Waals surface area contributed by atoms with Crippen LogP contribution in [0.5, 0.6) is 0 Å². The molecule has 7 heteroatoms. The molecule has 2 rings (SSSR count). The Hall–Kier alpha value is -1.06. The van der Waals surface area contributed by atoms with Gasteiger partial charge in [-0.25, -0.2) is 0 Å². The Morgan fingerprint density at radius 1 is 1.04 bits per heavy atom. The molecule has 0 aliphatic carbocycles. The fraction of sp³-hybridized carbons (Fsp3) is 0.294. The summed E-state index contributed by atoms with van der Waals surface area (Å²) in [5, 5.41) is -1.59. The fourth-order valence-electron chi connectivity index (χ4n) is 2.66. The van der Waals surface area contributed by atoms with Crippen molar-refractivity contribution >= 4 is 15.3 Å². The molecule has 0 spiro atoms. The third kappa shape index (κ3) is 5.49. The minimum Gasteiger partial charge on any atom is -0.659 e. The first-order valence-electron chi connectivity index (χ1n) is 7.66. The van der Waals surface area contributed by atoms with E-state index in [2.05, 4.69) is 0 Å². The zero-order valence-electron chi connectivity index (χ0n) is 13.4. The van der Waals surface area contributed by atoms with Crippen LogP contribution in [0, 0.1) is 0 Å². The molecule has 2 atom stereocenters. The lowest BCUT2D eigenvalue weighted by Gasteiger charge is -2.37. The highest BCUT2D eigenvalue weighted by Crippen LogP contribution is 2.61. The summed E-state index contributed by atoms with van der Waals surface area (Å²) in [5.74, 6) is 0. The Labute approximate surface area is 142 Å². The summed E-state index contributed by atoms with van der Waals surface area (Å²) in [4.78, 5) is 41.2. The standard InChI is InChI=1S/C17H22O5P2/c1-23(18,19)17(24(20,21)22)9-5-6-14-10-12-16(13-11-14)15-7-3-2-4-8-15/h2-4,7-8,10-13,17H,5-6,9H2,1H3,(H,18,19)(H2,20,21,22)/p-1. The zero-order valence-corrected chi connectivity index (χ0v) is 15.2. The molecule has 0 heterocycles. The molecule has 24 heavy (non-hydrogen) atoms. The van der Waals surface area contributed by atoms with Gasteiger partial charge in [0.25, 0.3) is 0 Å². The molecular weight excluding hydrogens is 346 g/mol. The van der Waals surface area contributed by atoms with Crippen molar-refractivity contribution < 1.29 is 24.1 Å². The van der Waals surface area contributed by atoms with Crippen molar-refractivity contribution in [1.29, 1.82) is 0 Å². The minimum atomic E-state index is -4.83. The second-order valence-corrected chi connectivity index (χ2v) is 10.6. The van der Waals surface area contributed by atoms with E-state index >= 15 is 0 Å². The molecule has 5 nitrogen and oxygen atoms in total. The maximum Gasteiger partial charge on any atom is 0.238 e. The summed E-state index contributed by atoms with van der Waals surface area (Å²) in [5.41, 5.74) is 3.21. The van der Waals surface area contributed by atoms with E-state index in [-0.39, 0.29) is 6.42 Å². The van der Waals surface area contributed by atoms with Gasteiger partial charge in [0.15, 0.2) is 5.40 Å². The molecule has 0 saturated heterocycles. The van der Waals surface area contributed by atoms with Gasteiger partial charge in [0.05, 0.1) is 7.94 Å². The van der Waals surface area contributed by atoms with E-state index in [1.165, 1.54) is 0 Å². The van der Waals surface area contributed by atoms with Crippen molar-refractivity contribution in [1.82, 2.24) is 0 Å². The first-order valence-corrected chi connectivity index (χ1v) is 11.5. The topological polar surface area (TPSA) is 104 Å². The molecule has 0 aromatic heterocycles. The van der Waals surface area contributed by atoms with Gasteiger partial charge >= 0.3 is 0 Å². The second-order valence-electron chi connectivity index (χ2n) is 5.94. The maximum absolute atomic E-state index is 11.6. The van der Waals surface area contributed by atoms with Gasteiger partial charge in [-0.1, -0.05) is 54.6 Å².